The van der Waals surface area contributed by atoms with E-state index in [1.807, 2.05) is 0 Å². The highest BCUT2D eigenvalue weighted by atomic mass is 19.1. The van der Waals surface area contributed by atoms with Gasteiger partial charge in [0.15, 0.2) is 0 Å². The SMILES string of the molecule is Cc1nn(C)c(C(=O)Nc2ccc(F)c(C#N)c2)c1N. The number of nitrogens with two attached hydrogens (primary N) is 1. The van der Waals surface area contributed by atoms with Crippen LogP contribution in [0.15, 0.2) is 18.2 Å². The molecule has 0 bridgehead atoms. The molecule has 0 fully saturated rings. The van der Waals surface area contributed by atoms with Gasteiger partial charge in [0.2, 0.25) is 0 Å². The van der Waals surface area contributed by atoms with Gasteiger partial charge in [-0.3, -0.25) is 9.48 Å². The van der Waals surface area contributed by atoms with Gasteiger partial charge in [-0.1, -0.05) is 0 Å². The lowest BCUT2D eigenvalue weighted by atomic mass is 10.2. The minimum atomic E-state index is -0.638. The highest BCUT2D eigenvalue weighted by molar-refractivity contribution is 6.06. The zero-order valence-corrected chi connectivity index (χ0v) is 10.9. The number of anilines is 2. The largest absolute Gasteiger partial charge is 0.395 e. The molecular weight excluding hydrogens is 261 g/mol. The number of rotatable bonds is 2. The summed E-state index contributed by atoms with van der Waals surface area (Å²) < 4.78 is 14.6. The standard InChI is InChI=1S/C13H12FN5O/c1-7-11(16)12(19(2)18-7)13(20)17-9-3-4-10(14)8(5-9)6-15/h3-5H,16H2,1-2H3,(H,17,20). The van der Waals surface area contributed by atoms with Gasteiger partial charge in [0.25, 0.3) is 5.91 Å². The van der Waals surface area contributed by atoms with E-state index in [-0.39, 0.29) is 16.9 Å². The van der Waals surface area contributed by atoms with Crippen LogP contribution in [0.3, 0.4) is 0 Å². The highest BCUT2D eigenvalue weighted by Gasteiger charge is 2.18. The Labute approximate surface area is 114 Å². The Morgan fingerprint density at radius 1 is 1.55 bits per heavy atom. The summed E-state index contributed by atoms with van der Waals surface area (Å²) in [5, 5.41) is 15.3. The Morgan fingerprint density at radius 3 is 2.80 bits per heavy atom. The fourth-order valence-electron chi connectivity index (χ4n) is 1.82. The number of nitriles is 1. The molecule has 0 saturated carbocycles. The average Bonchev–Trinajstić information content (AvgIpc) is 2.65. The van der Waals surface area contributed by atoms with Crippen molar-refractivity contribution in [1.29, 1.82) is 5.26 Å². The molecule has 0 radical (unpaired) electrons. The van der Waals surface area contributed by atoms with Gasteiger partial charge in [0.05, 0.1) is 16.9 Å². The van der Waals surface area contributed by atoms with Gasteiger partial charge >= 0.3 is 0 Å². The predicted octanol–water partition coefficient (Wildman–Crippen LogP) is 1.57. The zero-order chi connectivity index (χ0) is 14.9. The maximum atomic E-state index is 13.2. The van der Waals surface area contributed by atoms with Crippen LogP contribution in [-0.4, -0.2) is 15.7 Å². The Balaban J connectivity index is 2.31. The molecule has 2 rings (SSSR count). The summed E-state index contributed by atoms with van der Waals surface area (Å²) in [5.41, 5.74) is 7.00. The first-order valence-electron chi connectivity index (χ1n) is 5.74. The van der Waals surface area contributed by atoms with Crippen molar-refractivity contribution >= 4 is 17.3 Å². The molecule has 0 atom stereocenters. The van der Waals surface area contributed by atoms with Crippen LogP contribution in [0.4, 0.5) is 15.8 Å². The highest BCUT2D eigenvalue weighted by Crippen LogP contribution is 2.19. The molecule has 1 heterocycles. The molecule has 0 aliphatic carbocycles. The summed E-state index contributed by atoms with van der Waals surface area (Å²) in [7, 11) is 1.60. The zero-order valence-electron chi connectivity index (χ0n) is 10.9. The molecule has 0 aliphatic rings. The van der Waals surface area contributed by atoms with Crippen LogP contribution < -0.4 is 11.1 Å². The van der Waals surface area contributed by atoms with E-state index >= 15 is 0 Å². The number of nitrogens with zero attached hydrogens (tertiary/aromatic N) is 3. The minimum Gasteiger partial charge on any atom is -0.395 e. The maximum Gasteiger partial charge on any atom is 0.276 e. The van der Waals surface area contributed by atoms with Crippen LogP contribution >= 0.6 is 0 Å². The van der Waals surface area contributed by atoms with Gasteiger partial charge in [0.1, 0.15) is 17.6 Å². The summed E-state index contributed by atoms with van der Waals surface area (Å²) >= 11 is 0. The molecule has 7 heteroatoms. The van der Waals surface area contributed by atoms with E-state index in [4.69, 9.17) is 11.0 Å². The Kier molecular flexibility index (Phi) is 3.39. The molecule has 2 aromatic rings. The molecule has 1 aromatic heterocycles. The molecule has 1 amide bonds. The third kappa shape index (κ3) is 2.31. The van der Waals surface area contributed by atoms with Crippen molar-refractivity contribution < 1.29 is 9.18 Å². The molecule has 0 spiro atoms. The number of aromatic nitrogens is 2. The number of hydrogen-bond donors (Lipinski definition) is 2. The van der Waals surface area contributed by atoms with E-state index in [1.165, 1.54) is 16.8 Å². The molecule has 0 aliphatic heterocycles. The minimum absolute atomic E-state index is 0.142. The van der Waals surface area contributed by atoms with Gasteiger partial charge in [0, 0.05) is 12.7 Å². The number of carbonyl (C=O) groups excluding carboxylic acids is 1. The Bertz CT molecular complexity index is 729. The second kappa shape index (κ2) is 5.01. The topological polar surface area (TPSA) is 96.7 Å². The monoisotopic (exact) mass is 273 g/mol. The van der Waals surface area contributed by atoms with E-state index in [9.17, 15) is 9.18 Å². The normalized spacial score (nSPS) is 10.1. The predicted molar refractivity (Wildman–Crippen MR) is 71.4 cm³/mol. The number of nitrogens with one attached hydrogen (secondary N) is 1. The number of nitrogen functional groups attached to an aromatic ring is 1. The lowest BCUT2D eigenvalue weighted by molar-refractivity contribution is 0.101. The molecule has 0 unspecified atom stereocenters. The fraction of sp³-hybridized carbons (Fsp3) is 0.154. The number of hydrogen-bond acceptors (Lipinski definition) is 4. The van der Waals surface area contributed by atoms with E-state index in [0.717, 1.165) is 6.07 Å². The van der Waals surface area contributed by atoms with Crippen molar-refractivity contribution in [3.05, 3.63) is 41.0 Å². The van der Waals surface area contributed by atoms with Crippen molar-refractivity contribution in [1.82, 2.24) is 9.78 Å². The molecule has 3 N–H and O–H groups in total. The molecule has 6 nitrogen and oxygen atoms in total. The van der Waals surface area contributed by atoms with E-state index in [2.05, 4.69) is 10.4 Å². The van der Waals surface area contributed by atoms with Crippen LogP contribution in [-0.2, 0) is 7.05 Å². The molecular formula is C13H12FN5O. The van der Waals surface area contributed by atoms with Crippen molar-refractivity contribution in [2.24, 2.45) is 7.05 Å². The van der Waals surface area contributed by atoms with Gasteiger partial charge in [-0.2, -0.15) is 10.4 Å². The van der Waals surface area contributed by atoms with Crippen molar-refractivity contribution in [3.63, 3.8) is 0 Å². The molecule has 102 valence electrons. The van der Waals surface area contributed by atoms with E-state index < -0.39 is 11.7 Å². The fourth-order valence-corrected chi connectivity index (χ4v) is 1.82. The van der Waals surface area contributed by atoms with Crippen LogP contribution in [0.1, 0.15) is 21.7 Å². The average molecular weight is 273 g/mol. The van der Waals surface area contributed by atoms with E-state index in [1.54, 1.807) is 20.0 Å². The number of benzene rings is 1. The van der Waals surface area contributed by atoms with Crippen LogP contribution in [0.25, 0.3) is 0 Å². The quantitative estimate of drug-likeness (QED) is 0.868. The maximum absolute atomic E-state index is 13.2. The molecule has 0 saturated heterocycles. The third-order valence-corrected chi connectivity index (χ3v) is 2.83. The Hall–Kier alpha value is -2.88. The van der Waals surface area contributed by atoms with Gasteiger partial charge in [-0.25, -0.2) is 4.39 Å². The summed E-state index contributed by atoms with van der Waals surface area (Å²) in [6, 6.07) is 5.45. The van der Waals surface area contributed by atoms with Gasteiger partial charge in [-0.15, -0.1) is 0 Å². The molecule has 1 aromatic carbocycles. The summed E-state index contributed by atoms with van der Waals surface area (Å²) in [6.45, 7) is 1.69. The van der Waals surface area contributed by atoms with Crippen molar-refractivity contribution in [2.45, 2.75) is 6.92 Å². The lowest BCUT2D eigenvalue weighted by Crippen LogP contribution is -2.17. The van der Waals surface area contributed by atoms with Gasteiger partial charge < -0.3 is 11.1 Å². The second-order valence-electron chi connectivity index (χ2n) is 4.23. The number of carbonyl (C=O) groups is 1. The summed E-state index contributed by atoms with van der Waals surface area (Å²) in [4.78, 5) is 12.1. The van der Waals surface area contributed by atoms with Crippen molar-refractivity contribution in [3.8, 4) is 6.07 Å². The number of halogens is 1. The van der Waals surface area contributed by atoms with Crippen molar-refractivity contribution in [2.75, 3.05) is 11.1 Å². The molecule has 20 heavy (non-hydrogen) atoms. The lowest BCUT2D eigenvalue weighted by Gasteiger charge is -2.07. The summed E-state index contributed by atoms with van der Waals surface area (Å²) in [6.07, 6.45) is 0. The first-order valence-corrected chi connectivity index (χ1v) is 5.74. The second-order valence-corrected chi connectivity index (χ2v) is 4.23. The van der Waals surface area contributed by atoms with Crippen LogP contribution in [0, 0.1) is 24.1 Å². The van der Waals surface area contributed by atoms with Crippen LogP contribution in [0.2, 0.25) is 0 Å². The number of amides is 1. The first-order chi connectivity index (χ1) is 9.43. The van der Waals surface area contributed by atoms with Gasteiger partial charge in [-0.05, 0) is 25.1 Å². The van der Waals surface area contributed by atoms with Crippen LogP contribution in [0.5, 0.6) is 0 Å². The third-order valence-electron chi connectivity index (χ3n) is 2.83. The number of aryl methyl sites for hydroxylation is 2. The van der Waals surface area contributed by atoms with E-state index in [0.29, 0.717) is 11.4 Å². The smallest absolute Gasteiger partial charge is 0.276 e. The first kappa shape index (κ1) is 13.5. The summed E-state index contributed by atoms with van der Waals surface area (Å²) in [5.74, 6) is -1.11. The Morgan fingerprint density at radius 2 is 2.25 bits per heavy atom.